The third-order valence-electron chi connectivity index (χ3n) is 2.02. The average Bonchev–Trinajstić information content (AvgIpc) is 2.20. The number of nitrogens with one attached hydrogen (secondary N) is 1. The van der Waals surface area contributed by atoms with Gasteiger partial charge in [0.25, 0.3) is 0 Å². The highest BCUT2D eigenvalue weighted by Crippen LogP contribution is 2.18. The number of rotatable bonds is 1. The third-order valence-corrected chi connectivity index (χ3v) is 2.02. The maximum Gasteiger partial charge on any atom is 0.224 e. The number of amides is 1. The molecule has 0 aromatic carbocycles. The predicted molar refractivity (Wildman–Crippen MR) is 49.6 cm³/mol. The molecule has 0 aliphatic carbocycles. The molecule has 1 aliphatic heterocycles. The molecule has 2 rings (SSSR count). The van der Waals surface area contributed by atoms with E-state index in [1.165, 1.54) is 0 Å². The van der Waals surface area contributed by atoms with Crippen LogP contribution >= 0.6 is 0 Å². The number of pyridine rings is 1. The fourth-order valence-electron chi connectivity index (χ4n) is 1.31. The second-order valence-electron chi connectivity index (χ2n) is 2.95. The zero-order chi connectivity index (χ0) is 9.10. The first kappa shape index (κ1) is 7.98. The summed E-state index contributed by atoms with van der Waals surface area (Å²) in [6.07, 6.45) is 4.84. The number of aromatic nitrogens is 1. The van der Waals surface area contributed by atoms with Crippen molar-refractivity contribution in [1.29, 1.82) is 0 Å². The molecule has 1 aromatic heterocycles. The van der Waals surface area contributed by atoms with Gasteiger partial charge in [-0.25, -0.2) is 0 Å². The topological polar surface area (TPSA) is 42.0 Å². The smallest absolute Gasteiger partial charge is 0.224 e. The molecule has 0 atom stereocenters. The summed E-state index contributed by atoms with van der Waals surface area (Å²) in [5.74, 6) is 0.0830. The Labute approximate surface area is 76.5 Å². The quantitative estimate of drug-likeness (QED) is 0.698. The molecule has 13 heavy (non-hydrogen) atoms. The number of hydrogen-bond acceptors (Lipinski definition) is 2. The van der Waals surface area contributed by atoms with Crippen LogP contribution < -0.4 is 5.32 Å². The summed E-state index contributed by atoms with van der Waals surface area (Å²) < 4.78 is 0. The molecule has 2 heterocycles. The van der Waals surface area contributed by atoms with Crippen LogP contribution in [0.1, 0.15) is 18.5 Å². The zero-order valence-electron chi connectivity index (χ0n) is 7.16. The highest BCUT2D eigenvalue weighted by Gasteiger charge is 2.11. The van der Waals surface area contributed by atoms with E-state index < -0.39 is 0 Å². The molecule has 0 spiro atoms. The van der Waals surface area contributed by atoms with Gasteiger partial charge in [-0.2, -0.15) is 0 Å². The number of allylic oxidation sites excluding steroid dienone is 1. The molecule has 3 heteroatoms. The average molecular weight is 174 g/mol. The summed E-state index contributed by atoms with van der Waals surface area (Å²) in [5, 5.41) is 2.69. The Bertz CT molecular complexity index is 343. The zero-order valence-corrected chi connectivity index (χ0v) is 7.16. The first-order valence-electron chi connectivity index (χ1n) is 4.26. The Morgan fingerprint density at radius 3 is 2.85 bits per heavy atom. The summed E-state index contributed by atoms with van der Waals surface area (Å²) in [5.41, 5.74) is 2.04. The molecule has 0 fully saturated rings. The van der Waals surface area contributed by atoms with Crippen molar-refractivity contribution >= 4 is 11.5 Å². The van der Waals surface area contributed by atoms with E-state index in [4.69, 9.17) is 0 Å². The number of carbonyl (C=O) groups is 1. The summed E-state index contributed by atoms with van der Waals surface area (Å²) in [4.78, 5) is 15.1. The Kier molecular flexibility index (Phi) is 2.08. The van der Waals surface area contributed by atoms with Gasteiger partial charge in [-0.05, 0) is 24.1 Å². The van der Waals surface area contributed by atoms with Gasteiger partial charge in [-0.3, -0.25) is 9.78 Å². The second-order valence-corrected chi connectivity index (χ2v) is 2.95. The van der Waals surface area contributed by atoms with E-state index in [9.17, 15) is 4.79 Å². The monoisotopic (exact) mass is 174 g/mol. The molecule has 0 radical (unpaired) electrons. The van der Waals surface area contributed by atoms with Gasteiger partial charge in [0.2, 0.25) is 5.91 Å². The molecular weight excluding hydrogens is 164 g/mol. The summed E-state index contributed by atoms with van der Waals surface area (Å²) in [7, 11) is 0. The van der Waals surface area contributed by atoms with Crippen LogP contribution in [0.3, 0.4) is 0 Å². The van der Waals surface area contributed by atoms with Crippen molar-refractivity contribution in [1.82, 2.24) is 10.3 Å². The van der Waals surface area contributed by atoms with Crippen LogP contribution in [0.5, 0.6) is 0 Å². The second kappa shape index (κ2) is 3.39. The van der Waals surface area contributed by atoms with Crippen LogP contribution in [0, 0.1) is 0 Å². The molecule has 0 bridgehead atoms. The minimum Gasteiger partial charge on any atom is -0.332 e. The van der Waals surface area contributed by atoms with Gasteiger partial charge >= 0.3 is 0 Å². The predicted octanol–water partition coefficient (Wildman–Crippen LogP) is 1.33. The largest absolute Gasteiger partial charge is 0.332 e. The Morgan fingerprint density at radius 1 is 1.31 bits per heavy atom. The van der Waals surface area contributed by atoms with E-state index in [-0.39, 0.29) is 5.91 Å². The van der Waals surface area contributed by atoms with E-state index in [1.807, 2.05) is 18.2 Å². The van der Waals surface area contributed by atoms with Crippen LogP contribution in [-0.4, -0.2) is 10.9 Å². The van der Waals surface area contributed by atoms with Crippen LogP contribution in [0.4, 0.5) is 0 Å². The normalized spacial score (nSPS) is 16.3. The molecule has 1 aliphatic rings. The van der Waals surface area contributed by atoms with Crippen molar-refractivity contribution in [3.05, 3.63) is 36.3 Å². The molecular formula is C10H10N2O. The van der Waals surface area contributed by atoms with E-state index in [0.717, 1.165) is 17.7 Å². The van der Waals surface area contributed by atoms with Gasteiger partial charge in [0.15, 0.2) is 0 Å². The molecule has 3 nitrogen and oxygen atoms in total. The SMILES string of the molecule is O=C1CCC(c2ccccn2)=CN1. The van der Waals surface area contributed by atoms with Crippen LogP contribution in [-0.2, 0) is 4.79 Å². The van der Waals surface area contributed by atoms with E-state index >= 15 is 0 Å². The first-order valence-corrected chi connectivity index (χ1v) is 4.26. The number of hydrogen-bond donors (Lipinski definition) is 1. The third kappa shape index (κ3) is 1.75. The van der Waals surface area contributed by atoms with E-state index in [2.05, 4.69) is 10.3 Å². The molecule has 66 valence electrons. The van der Waals surface area contributed by atoms with Gasteiger partial charge in [0.05, 0.1) is 5.69 Å². The van der Waals surface area contributed by atoms with Gasteiger partial charge in [0.1, 0.15) is 0 Å². The Hall–Kier alpha value is -1.64. The lowest BCUT2D eigenvalue weighted by atomic mass is 10.0. The minimum atomic E-state index is 0.0830. The molecule has 1 amide bonds. The summed E-state index contributed by atoms with van der Waals surface area (Å²) in [6, 6.07) is 5.77. The van der Waals surface area contributed by atoms with Crippen molar-refractivity contribution in [2.45, 2.75) is 12.8 Å². The van der Waals surface area contributed by atoms with Gasteiger partial charge < -0.3 is 5.32 Å². The van der Waals surface area contributed by atoms with E-state index in [1.54, 1.807) is 12.4 Å². The highest BCUT2D eigenvalue weighted by molar-refractivity contribution is 5.83. The summed E-state index contributed by atoms with van der Waals surface area (Å²) in [6.45, 7) is 0. The van der Waals surface area contributed by atoms with Crippen LogP contribution in [0.2, 0.25) is 0 Å². The van der Waals surface area contributed by atoms with Crippen molar-refractivity contribution in [2.24, 2.45) is 0 Å². The van der Waals surface area contributed by atoms with Crippen molar-refractivity contribution < 1.29 is 4.79 Å². The lowest BCUT2D eigenvalue weighted by molar-refractivity contribution is -0.120. The Morgan fingerprint density at radius 2 is 2.23 bits per heavy atom. The maximum atomic E-state index is 10.9. The molecule has 0 unspecified atom stereocenters. The summed E-state index contributed by atoms with van der Waals surface area (Å²) >= 11 is 0. The number of carbonyl (C=O) groups excluding carboxylic acids is 1. The lowest BCUT2D eigenvalue weighted by Gasteiger charge is -2.11. The van der Waals surface area contributed by atoms with Gasteiger partial charge in [-0.15, -0.1) is 0 Å². The van der Waals surface area contributed by atoms with Crippen molar-refractivity contribution in [3.8, 4) is 0 Å². The van der Waals surface area contributed by atoms with Crippen molar-refractivity contribution in [3.63, 3.8) is 0 Å². The molecule has 0 saturated carbocycles. The van der Waals surface area contributed by atoms with E-state index in [0.29, 0.717) is 6.42 Å². The van der Waals surface area contributed by atoms with Gasteiger partial charge in [-0.1, -0.05) is 6.07 Å². The van der Waals surface area contributed by atoms with Crippen LogP contribution in [0.15, 0.2) is 30.6 Å². The standard InChI is InChI=1S/C10H10N2O/c13-10-5-4-8(7-12-10)9-3-1-2-6-11-9/h1-3,6-7H,4-5H2,(H,12,13). The maximum absolute atomic E-state index is 10.9. The minimum absolute atomic E-state index is 0.0830. The molecule has 0 saturated heterocycles. The fraction of sp³-hybridized carbons (Fsp3) is 0.200. The van der Waals surface area contributed by atoms with Crippen molar-refractivity contribution in [2.75, 3.05) is 0 Å². The first-order chi connectivity index (χ1) is 6.36. The molecule has 1 aromatic rings. The Balaban J connectivity index is 2.23. The lowest BCUT2D eigenvalue weighted by Crippen LogP contribution is -2.21. The van der Waals surface area contributed by atoms with Crippen LogP contribution in [0.25, 0.3) is 5.57 Å². The molecule has 1 N–H and O–H groups in total. The number of nitrogens with zero attached hydrogens (tertiary/aromatic N) is 1. The fourth-order valence-corrected chi connectivity index (χ4v) is 1.31. The van der Waals surface area contributed by atoms with Gasteiger partial charge in [0, 0.05) is 18.8 Å². The highest BCUT2D eigenvalue weighted by atomic mass is 16.1.